The normalized spacial score (nSPS) is 11.3. The van der Waals surface area contributed by atoms with Gasteiger partial charge in [0.1, 0.15) is 5.75 Å². The molecule has 0 radical (unpaired) electrons. The van der Waals surface area contributed by atoms with Gasteiger partial charge in [0.05, 0.1) is 12.0 Å². The number of aliphatic imine (C=N–C) groups is 1. The van der Waals surface area contributed by atoms with E-state index in [1.807, 2.05) is 44.3 Å². The smallest absolute Gasteiger partial charge is 0.387 e. The maximum absolute atomic E-state index is 12.3. The Bertz CT molecular complexity index is 750. The van der Waals surface area contributed by atoms with Crippen LogP contribution in [0.15, 0.2) is 51.2 Å². The summed E-state index contributed by atoms with van der Waals surface area (Å²) in [4.78, 5) is 8.44. The minimum atomic E-state index is -2.82. The van der Waals surface area contributed by atoms with Crippen LogP contribution in [0.5, 0.6) is 5.75 Å². The van der Waals surface area contributed by atoms with E-state index in [4.69, 9.17) is 0 Å². The molecule has 3 nitrogen and oxygen atoms in total. The summed E-state index contributed by atoms with van der Waals surface area (Å²) < 4.78 is 29.2. The molecule has 0 aliphatic rings. The number of aryl methyl sites for hydroxylation is 2. The molecule has 0 atom stereocenters. The Kier molecular flexibility index (Phi) is 6.82. The molecule has 0 N–H and O–H groups in total. The molecule has 0 spiro atoms. The summed E-state index contributed by atoms with van der Waals surface area (Å²) >= 11 is 1.52. The summed E-state index contributed by atoms with van der Waals surface area (Å²) in [7, 11) is 1.98. The molecule has 0 aliphatic carbocycles. The zero-order valence-electron chi connectivity index (χ0n) is 14.8. The van der Waals surface area contributed by atoms with Crippen molar-refractivity contribution in [3.63, 3.8) is 0 Å². The summed E-state index contributed by atoms with van der Waals surface area (Å²) in [6.07, 6.45) is 1.82. The van der Waals surface area contributed by atoms with Crippen LogP contribution in [0.1, 0.15) is 18.1 Å². The Morgan fingerprint density at radius 2 is 1.96 bits per heavy atom. The minimum absolute atomic E-state index is 0.165. The van der Waals surface area contributed by atoms with E-state index < -0.39 is 6.61 Å². The van der Waals surface area contributed by atoms with Gasteiger partial charge in [-0.05, 0) is 62.2 Å². The Morgan fingerprint density at radius 3 is 2.64 bits per heavy atom. The second-order valence-corrected chi connectivity index (χ2v) is 6.79. The first-order valence-corrected chi connectivity index (χ1v) is 8.79. The van der Waals surface area contributed by atoms with Crippen LogP contribution in [-0.2, 0) is 0 Å². The molecule has 6 heteroatoms. The predicted molar refractivity (Wildman–Crippen MR) is 99.6 cm³/mol. The van der Waals surface area contributed by atoms with Crippen LogP contribution in [0.4, 0.5) is 14.5 Å². The van der Waals surface area contributed by atoms with Crippen LogP contribution in [0.25, 0.3) is 0 Å². The fraction of sp³-hybridized carbons (Fsp3) is 0.316. The first-order valence-electron chi connectivity index (χ1n) is 7.97. The van der Waals surface area contributed by atoms with Gasteiger partial charge < -0.3 is 9.64 Å². The van der Waals surface area contributed by atoms with E-state index in [-0.39, 0.29) is 5.75 Å². The van der Waals surface area contributed by atoms with E-state index >= 15 is 0 Å². The number of hydrogen-bond acceptors (Lipinski definition) is 3. The van der Waals surface area contributed by atoms with Gasteiger partial charge in [0.2, 0.25) is 0 Å². The molecule has 0 heterocycles. The highest BCUT2D eigenvalue weighted by molar-refractivity contribution is 7.99. The number of halogens is 2. The van der Waals surface area contributed by atoms with Gasteiger partial charge in [0.25, 0.3) is 0 Å². The van der Waals surface area contributed by atoms with Crippen LogP contribution in [-0.4, -0.2) is 31.4 Å². The summed E-state index contributed by atoms with van der Waals surface area (Å²) in [5, 5.41) is 0. The number of ether oxygens (including phenoxy) is 1. The van der Waals surface area contributed by atoms with Gasteiger partial charge in [-0.25, -0.2) is 4.99 Å². The van der Waals surface area contributed by atoms with E-state index in [1.54, 1.807) is 12.1 Å². The Morgan fingerprint density at radius 1 is 1.20 bits per heavy atom. The zero-order chi connectivity index (χ0) is 18.4. The standard InChI is InChI=1S/C19H22F2N2OS/c1-5-23(4)12-22-17-9-14(3)18(10-13(17)2)25-16-8-6-7-15(11-16)24-19(20)21/h6-12,19H,5H2,1-4H3/b22-12-. The van der Waals surface area contributed by atoms with E-state index in [0.717, 1.165) is 33.2 Å². The number of benzene rings is 2. The van der Waals surface area contributed by atoms with Crippen LogP contribution < -0.4 is 4.74 Å². The summed E-state index contributed by atoms with van der Waals surface area (Å²) in [5.41, 5.74) is 3.08. The third-order valence-electron chi connectivity index (χ3n) is 3.64. The third kappa shape index (κ3) is 5.74. The second-order valence-electron chi connectivity index (χ2n) is 5.68. The van der Waals surface area contributed by atoms with E-state index in [9.17, 15) is 8.78 Å². The number of rotatable bonds is 7. The molecule has 2 aromatic rings. The number of alkyl halides is 2. The maximum Gasteiger partial charge on any atom is 0.387 e. The highest BCUT2D eigenvalue weighted by atomic mass is 32.2. The summed E-state index contributed by atoms with van der Waals surface area (Å²) in [5.74, 6) is 0.165. The molecule has 2 aromatic carbocycles. The largest absolute Gasteiger partial charge is 0.435 e. The number of hydrogen-bond donors (Lipinski definition) is 0. The van der Waals surface area contributed by atoms with Gasteiger partial charge in [-0.3, -0.25) is 0 Å². The van der Waals surface area contributed by atoms with Crippen molar-refractivity contribution in [2.75, 3.05) is 13.6 Å². The van der Waals surface area contributed by atoms with Gasteiger partial charge in [-0.2, -0.15) is 8.78 Å². The quantitative estimate of drug-likeness (QED) is 0.467. The van der Waals surface area contributed by atoms with Crippen molar-refractivity contribution in [3.05, 3.63) is 47.5 Å². The maximum atomic E-state index is 12.3. The first-order chi connectivity index (χ1) is 11.9. The molecular weight excluding hydrogens is 342 g/mol. The lowest BCUT2D eigenvalue weighted by Crippen LogP contribution is -2.14. The molecule has 0 saturated heterocycles. The second kappa shape index (κ2) is 8.85. The van der Waals surface area contributed by atoms with Crippen molar-refractivity contribution in [2.45, 2.75) is 37.2 Å². The minimum Gasteiger partial charge on any atom is -0.435 e. The molecule has 2 rings (SSSR count). The van der Waals surface area contributed by atoms with Crippen molar-refractivity contribution in [1.29, 1.82) is 0 Å². The van der Waals surface area contributed by atoms with E-state index in [2.05, 4.69) is 22.7 Å². The van der Waals surface area contributed by atoms with Crippen LogP contribution >= 0.6 is 11.8 Å². The molecule has 0 saturated carbocycles. The fourth-order valence-electron chi connectivity index (χ4n) is 2.11. The average Bonchev–Trinajstić information content (AvgIpc) is 2.56. The highest BCUT2D eigenvalue weighted by Gasteiger charge is 2.08. The first kappa shape index (κ1) is 19.2. The number of nitrogens with zero attached hydrogens (tertiary/aromatic N) is 2. The lowest BCUT2D eigenvalue weighted by Gasteiger charge is -2.12. The van der Waals surface area contributed by atoms with E-state index in [1.165, 1.54) is 17.8 Å². The SMILES string of the molecule is CCN(C)/C=N\c1cc(C)c(Sc2cccc(OC(F)F)c2)cc1C. The lowest BCUT2D eigenvalue weighted by atomic mass is 10.1. The molecule has 0 aromatic heterocycles. The van der Waals surface area contributed by atoms with Crippen molar-refractivity contribution < 1.29 is 13.5 Å². The van der Waals surface area contributed by atoms with Gasteiger partial charge in [-0.15, -0.1) is 0 Å². The summed E-state index contributed by atoms with van der Waals surface area (Å²) in [6.45, 7) is 4.17. The highest BCUT2D eigenvalue weighted by Crippen LogP contribution is 2.35. The Hall–Kier alpha value is -2.08. The van der Waals surface area contributed by atoms with Crippen molar-refractivity contribution in [2.24, 2.45) is 4.99 Å². The fourth-order valence-corrected chi connectivity index (χ4v) is 3.14. The lowest BCUT2D eigenvalue weighted by molar-refractivity contribution is -0.0499. The zero-order valence-corrected chi connectivity index (χ0v) is 15.6. The van der Waals surface area contributed by atoms with Gasteiger partial charge in [-0.1, -0.05) is 17.8 Å². The van der Waals surface area contributed by atoms with Crippen LogP contribution in [0, 0.1) is 13.8 Å². The van der Waals surface area contributed by atoms with Crippen molar-refractivity contribution in [3.8, 4) is 5.75 Å². The molecular formula is C19H22F2N2OS. The summed E-state index contributed by atoms with van der Waals surface area (Å²) in [6, 6.07) is 10.8. The Labute approximate surface area is 151 Å². The Balaban J connectivity index is 2.21. The average molecular weight is 364 g/mol. The van der Waals surface area contributed by atoms with Gasteiger partial charge in [0.15, 0.2) is 0 Å². The van der Waals surface area contributed by atoms with Crippen LogP contribution in [0.2, 0.25) is 0 Å². The van der Waals surface area contributed by atoms with Crippen molar-refractivity contribution in [1.82, 2.24) is 4.90 Å². The molecule has 0 amide bonds. The van der Waals surface area contributed by atoms with Crippen molar-refractivity contribution >= 4 is 23.8 Å². The molecule has 0 bridgehead atoms. The molecule has 0 unspecified atom stereocenters. The van der Waals surface area contributed by atoms with Crippen LogP contribution in [0.3, 0.4) is 0 Å². The van der Waals surface area contributed by atoms with Gasteiger partial charge >= 0.3 is 6.61 Å². The predicted octanol–water partition coefficient (Wildman–Crippen LogP) is 5.67. The monoisotopic (exact) mass is 364 g/mol. The molecule has 0 fully saturated rings. The van der Waals surface area contributed by atoms with E-state index in [0.29, 0.717) is 0 Å². The topological polar surface area (TPSA) is 24.8 Å². The third-order valence-corrected chi connectivity index (χ3v) is 4.79. The molecule has 25 heavy (non-hydrogen) atoms. The molecule has 0 aliphatic heterocycles. The molecule has 134 valence electrons. The van der Waals surface area contributed by atoms with Gasteiger partial charge in [0, 0.05) is 23.4 Å².